The van der Waals surface area contributed by atoms with Gasteiger partial charge in [-0.1, -0.05) is 32.9 Å². The fraction of sp³-hybridized carbons (Fsp3) is 0.471. The molecular formula is C17H24BrNOS3. The van der Waals surface area contributed by atoms with E-state index in [2.05, 4.69) is 51.1 Å². The number of likely N-dealkylation sites (N-methyl/N-ethyl adjacent to an activating group) is 1. The number of hydrogen-bond acceptors (Lipinski definition) is 4. The van der Waals surface area contributed by atoms with Crippen molar-refractivity contribution < 1.29 is 26.2 Å². The summed E-state index contributed by atoms with van der Waals surface area (Å²) in [5.41, 5.74) is 1.21. The van der Waals surface area contributed by atoms with Crippen LogP contribution in [-0.2, 0) is 0 Å². The van der Waals surface area contributed by atoms with Crippen LogP contribution < -0.4 is 21.7 Å². The normalized spacial score (nSPS) is 11.1. The number of benzene rings is 1. The highest BCUT2D eigenvalue weighted by molar-refractivity contribution is 7.80. The molecule has 0 amide bonds. The molecule has 0 aliphatic carbocycles. The van der Waals surface area contributed by atoms with E-state index in [1.165, 1.54) is 10.4 Å². The van der Waals surface area contributed by atoms with E-state index in [1.807, 2.05) is 0 Å². The van der Waals surface area contributed by atoms with Crippen LogP contribution in [0.3, 0.4) is 0 Å². The summed E-state index contributed by atoms with van der Waals surface area (Å²) in [5, 5.41) is 0. The molecule has 6 heteroatoms. The Morgan fingerprint density at radius 3 is 2.09 bits per heavy atom. The van der Waals surface area contributed by atoms with Crippen LogP contribution >= 0.6 is 32.9 Å². The summed E-state index contributed by atoms with van der Waals surface area (Å²) >= 11 is 5.19. The second kappa shape index (κ2) is 9.89. The Kier molecular flexibility index (Phi) is 8.93. The van der Waals surface area contributed by atoms with Gasteiger partial charge in [-0.2, -0.15) is 0 Å². The average Bonchev–Trinajstić information content (AvgIpc) is 2.99. The van der Waals surface area contributed by atoms with Crippen LogP contribution in [0.5, 0.6) is 5.75 Å². The maximum absolute atomic E-state index is 5.93. The number of ether oxygens (including phenoxy) is 1. The van der Waals surface area contributed by atoms with Crippen molar-refractivity contribution in [1.82, 2.24) is 0 Å². The van der Waals surface area contributed by atoms with Gasteiger partial charge in [-0.05, 0) is 56.7 Å². The molecule has 0 fully saturated rings. The fourth-order valence-electron chi connectivity index (χ4n) is 2.59. The molecule has 0 bridgehead atoms. The third kappa shape index (κ3) is 5.64. The molecule has 0 saturated carbocycles. The highest BCUT2D eigenvalue weighted by Gasteiger charge is 2.20. The summed E-state index contributed by atoms with van der Waals surface area (Å²) in [7, 11) is 3.38. The molecule has 1 aromatic heterocycles. The zero-order chi connectivity index (χ0) is 16.0. The number of rotatable bonds is 8. The van der Waals surface area contributed by atoms with Gasteiger partial charge < -0.3 is 26.2 Å². The molecule has 0 atom stereocenters. The van der Waals surface area contributed by atoms with Gasteiger partial charge in [0.15, 0.2) is 0 Å². The number of hydrogen-bond donors (Lipinski definition) is 0. The van der Waals surface area contributed by atoms with E-state index < -0.39 is 0 Å². The van der Waals surface area contributed by atoms with Gasteiger partial charge in [-0.25, -0.2) is 0 Å². The van der Waals surface area contributed by atoms with Gasteiger partial charge in [0.1, 0.15) is 22.7 Å². The molecular weight excluding hydrogens is 410 g/mol. The quantitative estimate of drug-likeness (QED) is 0.359. The smallest absolute Gasteiger partial charge is 0.137 e. The Hall–Kier alpha value is -0.270. The minimum Gasteiger partial charge on any atom is -1.00 e. The molecule has 0 spiro atoms. The standard InChI is InChI=1S/C17H24NOS3.BrH/c1-4-18(5-2,6-3)11-12-19-15-9-7-14(8-10-15)16-13-17(20)22-21-16;/h7-10,13H,4-6,11-12H2,1-3H3;1H/q+1;/p-1. The lowest BCUT2D eigenvalue weighted by atomic mass is 10.2. The van der Waals surface area contributed by atoms with Crippen molar-refractivity contribution in [2.45, 2.75) is 20.8 Å². The summed E-state index contributed by atoms with van der Waals surface area (Å²) in [6.07, 6.45) is 0. The van der Waals surface area contributed by atoms with Crippen molar-refractivity contribution in [1.29, 1.82) is 0 Å². The second-order valence-corrected chi connectivity index (χ2v) is 8.29. The first-order valence-corrected chi connectivity index (χ1v) is 10.4. The maximum atomic E-state index is 5.93. The number of halogens is 1. The van der Waals surface area contributed by atoms with Crippen molar-refractivity contribution in [3.8, 4) is 16.2 Å². The van der Waals surface area contributed by atoms with E-state index in [1.54, 1.807) is 20.7 Å². The summed E-state index contributed by atoms with van der Waals surface area (Å²) in [5.74, 6) is 0.948. The summed E-state index contributed by atoms with van der Waals surface area (Å²) < 4.78 is 8.01. The molecule has 2 aromatic rings. The Labute approximate surface area is 162 Å². The molecule has 0 saturated heterocycles. The van der Waals surface area contributed by atoms with E-state index in [9.17, 15) is 0 Å². The summed E-state index contributed by atoms with van der Waals surface area (Å²) in [4.78, 5) is 1.24. The van der Waals surface area contributed by atoms with Gasteiger partial charge >= 0.3 is 0 Å². The lowest BCUT2D eigenvalue weighted by Gasteiger charge is -2.35. The average molecular weight is 434 g/mol. The molecule has 0 aliphatic rings. The van der Waals surface area contributed by atoms with Crippen LogP contribution in [0.4, 0.5) is 0 Å². The van der Waals surface area contributed by atoms with Crippen molar-refractivity contribution in [3.63, 3.8) is 0 Å². The molecule has 23 heavy (non-hydrogen) atoms. The molecule has 2 rings (SSSR count). The number of nitrogens with zero attached hydrogens (tertiary/aromatic N) is 1. The fourth-order valence-corrected chi connectivity index (χ4v) is 4.99. The lowest BCUT2D eigenvalue weighted by Crippen LogP contribution is -3.00. The molecule has 0 unspecified atom stereocenters. The van der Waals surface area contributed by atoms with Crippen molar-refractivity contribution in [2.24, 2.45) is 0 Å². The van der Waals surface area contributed by atoms with E-state index >= 15 is 0 Å². The number of quaternary nitrogens is 1. The minimum absolute atomic E-state index is 0. The van der Waals surface area contributed by atoms with E-state index in [4.69, 9.17) is 17.0 Å². The molecule has 128 valence electrons. The van der Waals surface area contributed by atoms with Gasteiger partial charge in [0.25, 0.3) is 0 Å². The highest BCUT2D eigenvalue weighted by atomic mass is 79.9. The molecule has 0 N–H and O–H groups in total. The third-order valence-electron chi connectivity index (χ3n) is 4.45. The zero-order valence-electron chi connectivity index (χ0n) is 13.9. The van der Waals surface area contributed by atoms with Crippen molar-refractivity contribution in [3.05, 3.63) is 34.2 Å². The van der Waals surface area contributed by atoms with Crippen LogP contribution in [0.2, 0.25) is 0 Å². The minimum atomic E-state index is 0. The van der Waals surface area contributed by atoms with E-state index in [-0.39, 0.29) is 17.0 Å². The molecule has 1 heterocycles. The topological polar surface area (TPSA) is 9.23 Å². The molecule has 0 radical (unpaired) electrons. The van der Waals surface area contributed by atoms with Crippen LogP contribution in [-0.4, -0.2) is 37.3 Å². The van der Waals surface area contributed by atoms with Crippen LogP contribution in [0.25, 0.3) is 10.4 Å². The Balaban J connectivity index is 0.00000264. The van der Waals surface area contributed by atoms with E-state index in [0.717, 1.165) is 46.8 Å². The second-order valence-electron chi connectivity index (χ2n) is 5.38. The lowest BCUT2D eigenvalue weighted by molar-refractivity contribution is -0.923. The summed E-state index contributed by atoms with van der Waals surface area (Å²) in [6.45, 7) is 12.1. The van der Waals surface area contributed by atoms with E-state index in [0.29, 0.717) is 0 Å². The van der Waals surface area contributed by atoms with Crippen LogP contribution in [0.15, 0.2) is 30.3 Å². The predicted molar refractivity (Wildman–Crippen MR) is 101 cm³/mol. The first kappa shape index (κ1) is 20.8. The summed E-state index contributed by atoms with van der Waals surface area (Å²) in [6, 6.07) is 10.4. The van der Waals surface area contributed by atoms with Gasteiger partial charge in [0.2, 0.25) is 0 Å². The SMILES string of the molecule is CC[N+](CC)(CC)CCOc1ccc(-c2cc(=S)ss2)cc1.[Br-]. The maximum Gasteiger partial charge on any atom is 0.137 e. The van der Waals surface area contributed by atoms with Crippen molar-refractivity contribution in [2.75, 3.05) is 32.8 Å². The largest absolute Gasteiger partial charge is 1.00 e. The molecule has 0 aliphatic heterocycles. The first-order valence-electron chi connectivity index (χ1n) is 7.81. The Bertz CT molecular complexity index is 624. The first-order chi connectivity index (χ1) is 10.6. The monoisotopic (exact) mass is 433 g/mol. The van der Waals surface area contributed by atoms with Gasteiger partial charge in [-0.15, -0.1) is 0 Å². The zero-order valence-corrected chi connectivity index (χ0v) is 17.9. The highest BCUT2D eigenvalue weighted by Crippen LogP contribution is 2.30. The predicted octanol–water partition coefficient (Wildman–Crippen LogP) is 2.47. The Morgan fingerprint density at radius 1 is 1.00 bits per heavy atom. The molecule has 1 aromatic carbocycles. The third-order valence-corrected chi connectivity index (χ3v) is 7.36. The van der Waals surface area contributed by atoms with Crippen LogP contribution in [0, 0.1) is 3.82 Å². The van der Waals surface area contributed by atoms with Crippen molar-refractivity contribution >= 4 is 32.9 Å². The van der Waals surface area contributed by atoms with Gasteiger partial charge in [0.05, 0.1) is 19.6 Å². The van der Waals surface area contributed by atoms with Crippen LogP contribution in [0.1, 0.15) is 20.8 Å². The van der Waals surface area contributed by atoms with Gasteiger partial charge in [0, 0.05) is 4.88 Å². The van der Waals surface area contributed by atoms with Gasteiger partial charge in [-0.3, -0.25) is 0 Å². The molecule has 2 nitrogen and oxygen atoms in total. The Morgan fingerprint density at radius 2 is 1.61 bits per heavy atom.